The van der Waals surface area contributed by atoms with Gasteiger partial charge < -0.3 is 5.32 Å². The van der Waals surface area contributed by atoms with Gasteiger partial charge in [0.15, 0.2) is 0 Å². The molecule has 0 amide bonds. The molecule has 2 aromatic rings. The molecule has 20 heavy (non-hydrogen) atoms. The van der Waals surface area contributed by atoms with E-state index in [1.54, 1.807) is 0 Å². The Morgan fingerprint density at radius 2 is 1.80 bits per heavy atom. The van der Waals surface area contributed by atoms with Gasteiger partial charge in [0.25, 0.3) is 0 Å². The average molecular weight is 268 g/mol. The van der Waals surface area contributed by atoms with Gasteiger partial charge in [-0.05, 0) is 36.0 Å². The quantitative estimate of drug-likeness (QED) is 0.873. The maximum atomic E-state index is 2.59. The molecule has 0 aromatic heterocycles. The van der Waals surface area contributed by atoms with E-state index in [9.17, 15) is 0 Å². The molecule has 3 atom stereocenters. The topological polar surface area (TPSA) is 16.6 Å². The molecule has 0 unspecified atom stereocenters. The molecule has 1 aliphatic rings. The van der Waals surface area contributed by atoms with Crippen molar-refractivity contribution < 1.29 is 5.32 Å². The summed E-state index contributed by atoms with van der Waals surface area (Å²) in [7, 11) is 0. The molecule has 2 aromatic carbocycles. The third-order valence-electron chi connectivity index (χ3n) is 5.29. The fraction of sp³-hybridized carbons (Fsp3) is 0.474. The zero-order valence-electron chi connectivity index (χ0n) is 12.7. The highest BCUT2D eigenvalue weighted by Gasteiger charge is 2.29. The highest BCUT2D eigenvalue weighted by Crippen LogP contribution is 2.27. The van der Waals surface area contributed by atoms with E-state index < -0.39 is 0 Å². The van der Waals surface area contributed by atoms with Crippen molar-refractivity contribution in [3.8, 4) is 0 Å². The second kappa shape index (κ2) is 5.97. The zero-order chi connectivity index (χ0) is 13.9. The number of benzene rings is 2. The second-order valence-electron chi connectivity index (χ2n) is 6.51. The van der Waals surface area contributed by atoms with E-state index in [4.69, 9.17) is 0 Å². The number of fused-ring (bicyclic) bond motifs is 1. The van der Waals surface area contributed by atoms with E-state index in [-0.39, 0.29) is 0 Å². The number of hydrogen-bond acceptors (Lipinski definition) is 0. The van der Waals surface area contributed by atoms with Gasteiger partial charge in [-0.15, -0.1) is 0 Å². The summed E-state index contributed by atoms with van der Waals surface area (Å²) < 4.78 is 0. The van der Waals surface area contributed by atoms with Crippen LogP contribution in [0.2, 0.25) is 0 Å². The Morgan fingerprint density at radius 1 is 1.00 bits per heavy atom. The first kappa shape index (κ1) is 13.6. The van der Waals surface area contributed by atoms with Crippen LogP contribution in [0.25, 0.3) is 10.8 Å². The summed E-state index contributed by atoms with van der Waals surface area (Å²) in [6.07, 6.45) is 4.21. The van der Waals surface area contributed by atoms with Crippen LogP contribution in [0, 0.1) is 11.8 Å². The Labute approximate surface area is 122 Å². The fourth-order valence-corrected chi connectivity index (χ4v) is 3.70. The van der Waals surface area contributed by atoms with Crippen molar-refractivity contribution in [2.45, 2.75) is 45.7 Å². The largest absolute Gasteiger partial charge is 0.340 e. The molecular formula is C19H26N+. The van der Waals surface area contributed by atoms with Crippen LogP contribution in [-0.4, -0.2) is 6.04 Å². The molecule has 3 rings (SSSR count). The van der Waals surface area contributed by atoms with Crippen LogP contribution in [0.5, 0.6) is 0 Å². The Kier molecular flexibility index (Phi) is 4.07. The minimum atomic E-state index is 0.803. The van der Waals surface area contributed by atoms with Gasteiger partial charge in [0.05, 0.1) is 6.04 Å². The van der Waals surface area contributed by atoms with Crippen LogP contribution in [0.3, 0.4) is 0 Å². The fourth-order valence-electron chi connectivity index (χ4n) is 3.70. The van der Waals surface area contributed by atoms with E-state index in [0.29, 0.717) is 0 Å². The van der Waals surface area contributed by atoms with Crippen molar-refractivity contribution >= 4 is 10.8 Å². The molecule has 1 fully saturated rings. The van der Waals surface area contributed by atoms with E-state index in [2.05, 4.69) is 61.6 Å². The zero-order valence-corrected chi connectivity index (χ0v) is 12.7. The van der Waals surface area contributed by atoms with Gasteiger partial charge in [-0.1, -0.05) is 56.3 Å². The average Bonchev–Trinajstić information content (AvgIpc) is 2.49. The van der Waals surface area contributed by atoms with Gasteiger partial charge >= 0.3 is 0 Å². The smallest absolute Gasteiger partial charge is 0.102 e. The molecule has 1 saturated carbocycles. The number of hydrogen-bond donors (Lipinski definition) is 1. The van der Waals surface area contributed by atoms with Crippen LogP contribution in [0.1, 0.15) is 38.7 Å². The molecular weight excluding hydrogens is 242 g/mol. The summed E-state index contributed by atoms with van der Waals surface area (Å²) in [6, 6.07) is 16.2. The van der Waals surface area contributed by atoms with E-state index in [1.807, 2.05) is 0 Å². The van der Waals surface area contributed by atoms with E-state index >= 15 is 0 Å². The van der Waals surface area contributed by atoms with Crippen LogP contribution in [0.15, 0.2) is 42.5 Å². The van der Waals surface area contributed by atoms with Crippen molar-refractivity contribution in [3.63, 3.8) is 0 Å². The van der Waals surface area contributed by atoms with Crippen LogP contribution < -0.4 is 5.32 Å². The molecule has 1 aliphatic carbocycles. The Balaban J connectivity index is 1.74. The molecule has 0 aliphatic heterocycles. The molecule has 1 heteroatoms. The maximum absolute atomic E-state index is 2.59. The molecule has 1 nitrogen and oxygen atoms in total. The van der Waals surface area contributed by atoms with Gasteiger partial charge in [0.1, 0.15) is 6.54 Å². The van der Waals surface area contributed by atoms with Crippen molar-refractivity contribution in [1.29, 1.82) is 0 Å². The predicted octanol–water partition coefficient (Wildman–Crippen LogP) is 3.73. The van der Waals surface area contributed by atoms with Gasteiger partial charge in [0, 0.05) is 11.5 Å². The van der Waals surface area contributed by atoms with Crippen molar-refractivity contribution in [2.24, 2.45) is 11.8 Å². The van der Waals surface area contributed by atoms with Gasteiger partial charge in [-0.2, -0.15) is 0 Å². The minimum Gasteiger partial charge on any atom is -0.340 e. The highest BCUT2D eigenvalue weighted by atomic mass is 14.9. The first-order valence-corrected chi connectivity index (χ1v) is 8.05. The van der Waals surface area contributed by atoms with Gasteiger partial charge in [-0.25, -0.2) is 0 Å². The number of quaternary nitrogens is 1. The van der Waals surface area contributed by atoms with E-state index in [0.717, 1.165) is 24.4 Å². The number of rotatable bonds is 3. The first-order valence-electron chi connectivity index (χ1n) is 8.05. The third-order valence-corrected chi connectivity index (χ3v) is 5.29. The number of nitrogens with two attached hydrogens (primary N) is 1. The summed E-state index contributed by atoms with van der Waals surface area (Å²) in [4.78, 5) is 0. The normalized spacial score (nSPS) is 26.8. The SMILES string of the molecule is C[C@H]1[C@@H]([NH2+]Cc2cccc3ccccc23)CCC[C@@H]1C. The van der Waals surface area contributed by atoms with Crippen LogP contribution >= 0.6 is 0 Å². The molecule has 0 spiro atoms. The Hall–Kier alpha value is -1.34. The highest BCUT2D eigenvalue weighted by molar-refractivity contribution is 5.85. The summed E-state index contributed by atoms with van der Waals surface area (Å²) in [5.41, 5.74) is 1.48. The molecule has 0 bridgehead atoms. The van der Waals surface area contributed by atoms with Crippen molar-refractivity contribution in [2.75, 3.05) is 0 Å². The maximum Gasteiger partial charge on any atom is 0.102 e. The van der Waals surface area contributed by atoms with Crippen molar-refractivity contribution in [1.82, 2.24) is 0 Å². The van der Waals surface area contributed by atoms with Gasteiger partial charge in [-0.3, -0.25) is 0 Å². The van der Waals surface area contributed by atoms with Gasteiger partial charge in [0.2, 0.25) is 0 Å². The Bertz CT molecular complexity index is 569. The predicted molar refractivity (Wildman–Crippen MR) is 85.5 cm³/mol. The van der Waals surface area contributed by atoms with Crippen LogP contribution in [0.4, 0.5) is 0 Å². The molecule has 0 saturated heterocycles. The molecule has 106 valence electrons. The summed E-state index contributed by atoms with van der Waals surface area (Å²) in [5, 5.41) is 5.37. The Morgan fingerprint density at radius 3 is 2.70 bits per heavy atom. The lowest BCUT2D eigenvalue weighted by Crippen LogP contribution is -2.90. The third kappa shape index (κ3) is 2.73. The lowest BCUT2D eigenvalue weighted by Gasteiger charge is -2.32. The molecule has 0 heterocycles. The monoisotopic (exact) mass is 268 g/mol. The van der Waals surface area contributed by atoms with E-state index in [1.165, 1.54) is 35.6 Å². The van der Waals surface area contributed by atoms with Crippen LogP contribution in [-0.2, 0) is 6.54 Å². The van der Waals surface area contributed by atoms with Crippen molar-refractivity contribution in [3.05, 3.63) is 48.0 Å². The summed E-state index contributed by atoms with van der Waals surface area (Å²) in [6.45, 7) is 5.97. The lowest BCUT2D eigenvalue weighted by molar-refractivity contribution is -0.713. The molecule has 0 radical (unpaired) electrons. The molecule has 2 N–H and O–H groups in total. The summed E-state index contributed by atoms with van der Waals surface area (Å²) in [5.74, 6) is 1.73. The first-order chi connectivity index (χ1) is 9.75. The minimum absolute atomic E-state index is 0.803. The second-order valence-corrected chi connectivity index (χ2v) is 6.51. The lowest BCUT2D eigenvalue weighted by atomic mass is 9.78. The standard InChI is InChI=1S/C19H25N/c1-14-7-5-12-19(15(14)2)20-13-17-10-6-9-16-8-3-4-11-18(16)17/h3-4,6,8-11,14-15,19-20H,5,7,12-13H2,1-2H3/p+1/t14-,15+,19-/m0/s1. The summed E-state index contributed by atoms with van der Waals surface area (Å²) >= 11 is 0.